The Bertz CT molecular complexity index is 867. The van der Waals surface area contributed by atoms with Gasteiger partial charge in [0, 0.05) is 40.3 Å². The van der Waals surface area contributed by atoms with E-state index in [1.54, 1.807) is 30.4 Å². The molecule has 4 fully saturated rings. The summed E-state index contributed by atoms with van der Waals surface area (Å²) in [7, 11) is 0. The van der Waals surface area contributed by atoms with E-state index < -0.39 is 11.4 Å². The minimum Gasteiger partial charge on any atom is -0.870 e. The maximum Gasteiger partial charge on any atom is 1.00 e. The molecule has 6 N–H and O–H groups in total. The van der Waals surface area contributed by atoms with Crippen LogP contribution in [0.25, 0.3) is 0 Å². The van der Waals surface area contributed by atoms with E-state index in [0.717, 1.165) is 37.2 Å². The molecule has 4 saturated heterocycles. The predicted molar refractivity (Wildman–Crippen MR) is 147 cm³/mol. The van der Waals surface area contributed by atoms with Crippen LogP contribution in [0, 0.1) is 5.41 Å². The minimum atomic E-state index is -0.788. The second-order valence-corrected chi connectivity index (χ2v) is 13.4. The van der Waals surface area contributed by atoms with Crippen LogP contribution in [0.1, 0.15) is 58.3 Å². The van der Waals surface area contributed by atoms with Gasteiger partial charge >= 0.3 is 43.0 Å². The number of rotatable bonds is 12. The molecular formula is C25H41LiN2O11S2. The number of fused-ring (bicyclic) bond motifs is 2. The van der Waals surface area contributed by atoms with E-state index in [1.807, 2.05) is 0 Å². The van der Waals surface area contributed by atoms with Crippen molar-refractivity contribution in [2.45, 2.75) is 93.1 Å². The number of amides is 2. The van der Waals surface area contributed by atoms with Crippen LogP contribution in [0.15, 0.2) is 0 Å². The molecule has 4 rings (SSSR count). The summed E-state index contributed by atoms with van der Waals surface area (Å²) in [6.45, 7) is 1.21. The van der Waals surface area contributed by atoms with Gasteiger partial charge in [-0.2, -0.15) is 23.5 Å². The van der Waals surface area contributed by atoms with Gasteiger partial charge in [0.25, 0.3) is 0 Å². The maximum atomic E-state index is 11.7. The summed E-state index contributed by atoms with van der Waals surface area (Å²) >= 11 is 3.61. The number of ether oxygens (including phenoxy) is 3. The third-order valence-corrected chi connectivity index (χ3v) is 10.1. The number of hydrogen-bond acceptors (Lipinski definition) is 12. The average molecular weight is 617 g/mol. The molecule has 16 heteroatoms. The molecule has 4 aliphatic rings. The molecule has 0 aliphatic carbocycles. The van der Waals surface area contributed by atoms with Gasteiger partial charge in [0.2, 0.25) is 0 Å². The number of carboxylic acid groups (broad SMARTS) is 1. The smallest absolute Gasteiger partial charge is 0.870 e. The molecule has 4 aliphatic heterocycles. The Kier molecular flexibility index (Phi) is 16.9. The quantitative estimate of drug-likeness (QED) is 0.0984. The van der Waals surface area contributed by atoms with Crippen molar-refractivity contribution in [3.05, 3.63) is 0 Å². The van der Waals surface area contributed by atoms with Crippen molar-refractivity contribution in [1.82, 2.24) is 10.6 Å². The van der Waals surface area contributed by atoms with E-state index in [4.69, 9.17) is 29.5 Å². The Hall–Kier alpha value is -1.34. The van der Waals surface area contributed by atoms with Gasteiger partial charge in [-0.1, -0.05) is 6.92 Å². The number of carbonyl (C=O) groups is 4. The average Bonchev–Trinajstić information content (AvgIpc) is 3.47. The van der Waals surface area contributed by atoms with Crippen LogP contribution in [0.3, 0.4) is 0 Å². The van der Waals surface area contributed by atoms with Crippen LogP contribution in [-0.2, 0) is 23.8 Å². The van der Waals surface area contributed by atoms with Gasteiger partial charge in [-0.05, 0) is 38.5 Å². The number of aliphatic hydroxyl groups is 2. The molecular weight excluding hydrogens is 575 g/mol. The van der Waals surface area contributed by atoms with Gasteiger partial charge in [-0.15, -0.1) is 0 Å². The summed E-state index contributed by atoms with van der Waals surface area (Å²) in [5, 5.41) is 33.2. The first-order valence-electron chi connectivity index (χ1n) is 13.4. The van der Waals surface area contributed by atoms with Gasteiger partial charge in [0.05, 0.1) is 25.3 Å². The molecule has 41 heavy (non-hydrogen) atoms. The van der Waals surface area contributed by atoms with Gasteiger partial charge < -0.3 is 45.6 Å². The summed E-state index contributed by atoms with van der Waals surface area (Å²) < 4.78 is 15.5. The molecule has 13 nitrogen and oxygen atoms in total. The minimum absolute atomic E-state index is 0. The van der Waals surface area contributed by atoms with Crippen molar-refractivity contribution < 1.29 is 73.0 Å². The van der Waals surface area contributed by atoms with E-state index in [-0.39, 0.29) is 93.0 Å². The van der Waals surface area contributed by atoms with Crippen LogP contribution in [0.2, 0.25) is 0 Å². The van der Waals surface area contributed by atoms with Crippen molar-refractivity contribution in [2.24, 2.45) is 5.41 Å². The molecule has 6 atom stereocenters. The van der Waals surface area contributed by atoms with E-state index in [2.05, 4.69) is 10.6 Å². The number of esters is 1. The molecule has 230 valence electrons. The molecule has 0 radical (unpaired) electrons. The van der Waals surface area contributed by atoms with Crippen molar-refractivity contribution in [3.8, 4) is 0 Å². The fourth-order valence-electron chi connectivity index (χ4n) is 4.68. The Balaban J connectivity index is 0.000000413. The molecule has 0 aromatic rings. The first kappa shape index (κ1) is 37.7. The maximum absolute atomic E-state index is 11.7. The first-order chi connectivity index (χ1) is 18.6. The predicted octanol–water partition coefficient (Wildman–Crippen LogP) is -1.28. The fraction of sp³-hybridized carbons (Fsp3) is 0.840. The van der Waals surface area contributed by atoms with Gasteiger partial charge in [0.1, 0.15) is 18.8 Å². The topological polar surface area (TPSA) is 211 Å². The normalized spacial score (nSPS) is 28.0. The molecule has 0 spiro atoms. The number of alkyl carbamates (subject to hydrolysis) is 2. The fourth-order valence-corrected chi connectivity index (χ4v) is 7.55. The summed E-state index contributed by atoms with van der Waals surface area (Å²) in [4.78, 5) is 44.3. The SMILES string of the molecule is CC(CO)(CO)COC(=O)CCC[C@H]1C[C@H]2OC(=O)NC2CS1.O=C(O)CCC[C@H]1C[C@H]2OC(=O)NC2CS1.[Li+].[OH-]. The van der Waals surface area contributed by atoms with Crippen molar-refractivity contribution in [3.63, 3.8) is 0 Å². The summed E-state index contributed by atoms with van der Waals surface area (Å²) in [5.41, 5.74) is -0.788. The van der Waals surface area contributed by atoms with E-state index in [1.165, 1.54) is 0 Å². The second-order valence-electron chi connectivity index (χ2n) is 10.7. The molecule has 2 amide bonds. The third-order valence-electron chi connectivity index (χ3n) is 7.20. The van der Waals surface area contributed by atoms with Gasteiger partial charge in [-0.3, -0.25) is 9.59 Å². The number of thioether (sulfide) groups is 2. The number of aliphatic hydroxyl groups excluding tert-OH is 2. The second kappa shape index (κ2) is 18.3. The summed E-state index contributed by atoms with van der Waals surface area (Å²) in [5.74, 6) is 0.656. The zero-order valence-corrected chi connectivity index (χ0v) is 25.3. The molecule has 0 saturated carbocycles. The number of carboxylic acids is 1. The van der Waals surface area contributed by atoms with Crippen molar-refractivity contribution >= 4 is 47.6 Å². The number of nitrogens with one attached hydrogen (secondary N) is 2. The summed E-state index contributed by atoms with van der Waals surface area (Å²) in [6, 6.07) is 0.261. The first-order valence-corrected chi connectivity index (χ1v) is 15.5. The Morgan fingerprint density at radius 2 is 1.39 bits per heavy atom. The summed E-state index contributed by atoms with van der Waals surface area (Å²) in [6.07, 6.45) is 4.66. The Morgan fingerprint density at radius 1 is 0.927 bits per heavy atom. The van der Waals surface area contributed by atoms with Crippen LogP contribution in [0.4, 0.5) is 9.59 Å². The van der Waals surface area contributed by atoms with Crippen molar-refractivity contribution in [1.29, 1.82) is 0 Å². The van der Waals surface area contributed by atoms with E-state index in [9.17, 15) is 19.2 Å². The van der Waals surface area contributed by atoms with Crippen LogP contribution in [0.5, 0.6) is 0 Å². The zero-order valence-electron chi connectivity index (χ0n) is 23.6. The van der Waals surface area contributed by atoms with Crippen LogP contribution >= 0.6 is 23.5 Å². The monoisotopic (exact) mass is 616 g/mol. The molecule has 0 aromatic carbocycles. The standard InChI is InChI=1S/C15H25NO6S.C10H15NO4S.Li.H2O/c1-15(7-17,8-18)9-21-13(19)4-2-3-10-5-12-11(6-23-10)16-14(20)22-12;12-9(13)3-1-2-6-4-8-7(5-16-6)11-10(14)15-8;;/h10-12,17-18H,2-9H2,1H3,(H,16,20);6-8H,1-5H2,(H,11,14)(H,12,13);;1H2/q;;+1;/p-1/t10-,11?,12+;6-,7?,8+;;/m00../s1. The zero-order chi connectivity index (χ0) is 28.4. The number of carbonyl (C=O) groups excluding carboxylic acids is 3. The van der Waals surface area contributed by atoms with E-state index >= 15 is 0 Å². The Labute approximate surface area is 260 Å². The number of aliphatic carboxylic acids is 1. The van der Waals surface area contributed by atoms with Crippen LogP contribution in [-0.4, -0.2) is 111 Å². The molecule has 0 aromatic heterocycles. The van der Waals surface area contributed by atoms with Crippen LogP contribution < -0.4 is 29.5 Å². The largest absolute Gasteiger partial charge is 1.00 e. The van der Waals surface area contributed by atoms with E-state index in [0.29, 0.717) is 29.8 Å². The van der Waals surface area contributed by atoms with Gasteiger partial charge in [-0.25, -0.2) is 9.59 Å². The molecule has 2 unspecified atom stereocenters. The van der Waals surface area contributed by atoms with Crippen molar-refractivity contribution in [2.75, 3.05) is 31.3 Å². The molecule has 4 heterocycles. The van der Waals surface area contributed by atoms with Gasteiger partial charge in [0.15, 0.2) is 0 Å². The third kappa shape index (κ3) is 12.4. The Morgan fingerprint density at radius 3 is 1.83 bits per heavy atom. The molecule has 0 bridgehead atoms. The number of hydrogen-bond donors (Lipinski definition) is 5.